The maximum atomic E-state index is 12.0. The number of amides is 1. The van der Waals surface area contributed by atoms with Crippen LogP contribution in [0.1, 0.15) is 50.6 Å². The van der Waals surface area contributed by atoms with Gasteiger partial charge in [-0.05, 0) is 24.3 Å². The first-order valence-corrected chi connectivity index (χ1v) is 7.81. The second-order valence-corrected chi connectivity index (χ2v) is 5.97. The first-order valence-electron chi connectivity index (χ1n) is 7.81. The summed E-state index contributed by atoms with van der Waals surface area (Å²) >= 11 is 0. The Morgan fingerprint density at radius 3 is 2.80 bits per heavy atom. The molecule has 3 heteroatoms. The van der Waals surface area contributed by atoms with Crippen molar-refractivity contribution in [2.24, 2.45) is 5.92 Å². The monoisotopic (exact) mass is 273 g/mol. The van der Waals surface area contributed by atoms with E-state index in [1.165, 1.54) is 31.2 Å². The van der Waals surface area contributed by atoms with Crippen LogP contribution in [0.25, 0.3) is 0 Å². The largest absolute Gasteiger partial charge is 0.447 e. The van der Waals surface area contributed by atoms with Crippen LogP contribution >= 0.6 is 0 Å². The van der Waals surface area contributed by atoms with Crippen LogP contribution < -0.4 is 0 Å². The number of ether oxygens (including phenoxy) is 1. The van der Waals surface area contributed by atoms with Crippen molar-refractivity contribution < 1.29 is 9.53 Å². The van der Waals surface area contributed by atoms with E-state index in [0.29, 0.717) is 18.6 Å². The summed E-state index contributed by atoms with van der Waals surface area (Å²) < 4.78 is 5.29. The molecule has 1 saturated heterocycles. The second kappa shape index (κ2) is 5.86. The number of cyclic esters (lactones) is 1. The molecule has 0 bridgehead atoms. The average molecular weight is 273 g/mol. The predicted molar refractivity (Wildman–Crippen MR) is 78.4 cm³/mol. The lowest BCUT2D eigenvalue weighted by Gasteiger charge is -2.22. The lowest BCUT2D eigenvalue weighted by molar-refractivity contribution is 0.154. The second-order valence-electron chi connectivity index (χ2n) is 5.97. The first kappa shape index (κ1) is 13.5. The molecular formula is C17H23NO2. The van der Waals surface area contributed by atoms with Crippen LogP contribution in [0, 0.1) is 5.92 Å². The van der Waals surface area contributed by atoms with E-state index in [0.717, 1.165) is 6.42 Å². The molecule has 0 aromatic heterocycles. The fourth-order valence-corrected chi connectivity index (χ4v) is 3.27. The molecule has 0 unspecified atom stereocenters. The van der Waals surface area contributed by atoms with Crippen molar-refractivity contribution in [3.63, 3.8) is 0 Å². The van der Waals surface area contributed by atoms with E-state index in [2.05, 4.69) is 19.1 Å². The van der Waals surface area contributed by atoms with E-state index in [9.17, 15) is 4.79 Å². The van der Waals surface area contributed by atoms with E-state index in [4.69, 9.17) is 4.74 Å². The summed E-state index contributed by atoms with van der Waals surface area (Å²) in [5.74, 6) is 0.693. The summed E-state index contributed by atoms with van der Waals surface area (Å²) in [7, 11) is 0. The van der Waals surface area contributed by atoms with E-state index < -0.39 is 0 Å². The minimum absolute atomic E-state index is 0.116. The molecule has 108 valence electrons. The van der Waals surface area contributed by atoms with Gasteiger partial charge < -0.3 is 4.74 Å². The molecule has 1 heterocycles. The fraction of sp³-hybridized carbons (Fsp3) is 0.588. The SMILES string of the molecule is CCCCC[C@H]1C[C@@H]1N1C(=O)OC[C@H]1c1ccccc1. The van der Waals surface area contributed by atoms with E-state index >= 15 is 0 Å². The number of benzene rings is 1. The molecule has 1 aromatic carbocycles. The third-order valence-electron chi connectivity index (χ3n) is 4.52. The Balaban J connectivity index is 1.64. The highest BCUT2D eigenvalue weighted by molar-refractivity contribution is 5.71. The summed E-state index contributed by atoms with van der Waals surface area (Å²) in [6, 6.07) is 10.8. The van der Waals surface area contributed by atoms with Crippen molar-refractivity contribution in [3.8, 4) is 0 Å². The standard InChI is InChI=1S/C17H23NO2/c1-2-3-5-10-14-11-15(14)18-16(12-20-17(18)19)13-8-6-4-7-9-13/h4,6-9,14-16H,2-3,5,10-12H2,1H3/t14-,15-,16-/m0/s1. The topological polar surface area (TPSA) is 29.5 Å². The highest BCUT2D eigenvalue weighted by Gasteiger charge is 2.49. The molecule has 20 heavy (non-hydrogen) atoms. The molecular weight excluding hydrogens is 250 g/mol. The van der Waals surface area contributed by atoms with Crippen LogP contribution in [0.5, 0.6) is 0 Å². The Hall–Kier alpha value is -1.51. The van der Waals surface area contributed by atoms with Gasteiger partial charge >= 0.3 is 6.09 Å². The zero-order valence-electron chi connectivity index (χ0n) is 12.1. The Bertz CT molecular complexity index is 459. The molecule has 1 aromatic rings. The fourth-order valence-electron chi connectivity index (χ4n) is 3.27. The highest BCUT2D eigenvalue weighted by Crippen LogP contribution is 2.45. The minimum Gasteiger partial charge on any atom is -0.447 e. The van der Waals surface area contributed by atoms with Gasteiger partial charge in [-0.2, -0.15) is 0 Å². The van der Waals surface area contributed by atoms with Crippen LogP contribution in [-0.2, 0) is 4.74 Å². The number of rotatable bonds is 6. The zero-order chi connectivity index (χ0) is 13.9. The van der Waals surface area contributed by atoms with E-state index in [1.54, 1.807) is 0 Å². The zero-order valence-corrected chi connectivity index (χ0v) is 12.1. The summed E-state index contributed by atoms with van der Waals surface area (Å²) in [5, 5.41) is 0. The predicted octanol–water partition coefficient (Wildman–Crippen LogP) is 4.15. The molecule has 1 aliphatic carbocycles. The van der Waals surface area contributed by atoms with E-state index in [-0.39, 0.29) is 12.1 Å². The number of hydrogen-bond acceptors (Lipinski definition) is 2. The molecule has 1 amide bonds. The molecule has 0 radical (unpaired) electrons. The van der Waals surface area contributed by atoms with Gasteiger partial charge in [0.25, 0.3) is 0 Å². The molecule has 2 fully saturated rings. The van der Waals surface area contributed by atoms with Crippen molar-refractivity contribution in [1.82, 2.24) is 4.90 Å². The molecule has 1 saturated carbocycles. The van der Waals surface area contributed by atoms with Crippen molar-refractivity contribution in [2.45, 2.75) is 51.1 Å². The first-order chi connectivity index (χ1) is 9.81. The molecule has 0 N–H and O–H groups in total. The Kier molecular flexibility index (Phi) is 3.95. The maximum Gasteiger partial charge on any atom is 0.410 e. The van der Waals surface area contributed by atoms with Crippen LogP contribution in [0.15, 0.2) is 30.3 Å². The smallest absolute Gasteiger partial charge is 0.410 e. The Morgan fingerprint density at radius 2 is 2.05 bits per heavy atom. The van der Waals surface area contributed by atoms with Gasteiger partial charge in [0.15, 0.2) is 0 Å². The van der Waals surface area contributed by atoms with Crippen molar-refractivity contribution in [2.75, 3.05) is 6.61 Å². The van der Waals surface area contributed by atoms with Crippen LogP contribution in [-0.4, -0.2) is 23.6 Å². The third-order valence-corrected chi connectivity index (χ3v) is 4.52. The van der Waals surface area contributed by atoms with Crippen LogP contribution in [0.4, 0.5) is 4.79 Å². The number of hydrogen-bond donors (Lipinski definition) is 0. The highest BCUT2D eigenvalue weighted by atomic mass is 16.6. The third kappa shape index (κ3) is 2.67. The number of carbonyl (C=O) groups excluding carboxylic acids is 1. The summed E-state index contributed by atoms with van der Waals surface area (Å²) in [5.41, 5.74) is 1.19. The van der Waals surface area contributed by atoms with Gasteiger partial charge in [0.1, 0.15) is 6.61 Å². The normalized spacial score (nSPS) is 28.6. The average Bonchev–Trinajstić information content (AvgIpc) is 3.13. The van der Waals surface area contributed by atoms with Crippen LogP contribution in [0.3, 0.4) is 0 Å². The van der Waals surface area contributed by atoms with Gasteiger partial charge in [-0.3, -0.25) is 4.90 Å². The van der Waals surface area contributed by atoms with Crippen molar-refractivity contribution >= 4 is 6.09 Å². The minimum atomic E-state index is -0.123. The van der Waals surface area contributed by atoms with Gasteiger partial charge in [-0.1, -0.05) is 56.5 Å². The molecule has 3 rings (SSSR count). The maximum absolute atomic E-state index is 12.0. The van der Waals surface area contributed by atoms with Crippen LogP contribution in [0.2, 0.25) is 0 Å². The lowest BCUT2D eigenvalue weighted by Crippen LogP contribution is -2.31. The Morgan fingerprint density at radius 1 is 1.25 bits per heavy atom. The number of nitrogens with zero attached hydrogens (tertiary/aromatic N) is 1. The quantitative estimate of drug-likeness (QED) is 0.729. The summed E-state index contributed by atoms with van der Waals surface area (Å²) in [6.07, 6.45) is 6.13. The molecule has 1 aliphatic heterocycles. The summed E-state index contributed by atoms with van der Waals surface area (Å²) in [4.78, 5) is 14.0. The molecule has 0 spiro atoms. The van der Waals surface area contributed by atoms with Gasteiger partial charge in [0.05, 0.1) is 6.04 Å². The van der Waals surface area contributed by atoms with Gasteiger partial charge in [0.2, 0.25) is 0 Å². The molecule has 3 nitrogen and oxygen atoms in total. The number of carbonyl (C=O) groups is 1. The van der Waals surface area contributed by atoms with Gasteiger partial charge in [0, 0.05) is 6.04 Å². The van der Waals surface area contributed by atoms with Crippen molar-refractivity contribution in [1.29, 1.82) is 0 Å². The Labute approximate surface area is 120 Å². The number of unbranched alkanes of at least 4 members (excludes halogenated alkanes) is 2. The van der Waals surface area contributed by atoms with Gasteiger partial charge in [-0.15, -0.1) is 0 Å². The summed E-state index contributed by atoms with van der Waals surface area (Å²) in [6.45, 7) is 2.73. The van der Waals surface area contributed by atoms with Gasteiger partial charge in [-0.25, -0.2) is 4.79 Å². The lowest BCUT2D eigenvalue weighted by atomic mass is 10.1. The molecule has 2 aliphatic rings. The van der Waals surface area contributed by atoms with Crippen molar-refractivity contribution in [3.05, 3.63) is 35.9 Å². The molecule has 3 atom stereocenters. The van der Waals surface area contributed by atoms with E-state index in [1.807, 2.05) is 23.1 Å².